The van der Waals surface area contributed by atoms with Gasteiger partial charge in [0.05, 0.1) is 17.2 Å². The van der Waals surface area contributed by atoms with Crippen molar-refractivity contribution in [1.29, 1.82) is 0 Å². The fraction of sp³-hybridized carbons (Fsp3) is 0.100. The first-order valence-corrected chi connectivity index (χ1v) is 10.4. The van der Waals surface area contributed by atoms with E-state index >= 15 is 0 Å². The summed E-state index contributed by atoms with van der Waals surface area (Å²) in [6.45, 7) is 0. The first-order valence-electron chi connectivity index (χ1n) is 8.14. The summed E-state index contributed by atoms with van der Waals surface area (Å²) >= 11 is 11.9. The number of hydrogen-bond donors (Lipinski definition) is 2. The number of rotatable bonds is 6. The summed E-state index contributed by atoms with van der Waals surface area (Å²) in [4.78, 5) is -0.102. The molecular formula is C20H17Cl2NO3S. The predicted octanol–water partition coefficient (Wildman–Crippen LogP) is 4.75. The van der Waals surface area contributed by atoms with Crippen molar-refractivity contribution >= 4 is 33.2 Å². The molecule has 0 fully saturated rings. The molecule has 0 heterocycles. The van der Waals surface area contributed by atoms with Crippen LogP contribution in [0.3, 0.4) is 0 Å². The Labute approximate surface area is 168 Å². The van der Waals surface area contributed by atoms with Crippen LogP contribution in [0.4, 0.5) is 0 Å². The fourth-order valence-corrected chi connectivity index (χ4v) is 4.74. The standard InChI is InChI=1S/C20H17Cl2NO3S/c21-16-11-12-18(17(22)13-16)27(25,26)23-19(14-7-3-1-4-8-14)20(24)15-9-5-2-6-10-15/h1-13,19-20,23-24H. The summed E-state index contributed by atoms with van der Waals surface area (Å²) in [5.74, 6) is 0. The molecule has 0 bridgehead atoms. The molecule has 140 valence electrons. The number of aliphatic hydroxyl groups excluding tert-OH is 1. The lowest BCUT2D eigenvalue weighted by Crippen LogP contribution is -2.33. The van der Waals surface area contributed by atoms with E-state index in [2.05, 4.69) is 4.72 Å². The third kappa shape index (κ3) is 4.69. The molecule has 2 N–H and O–H groups in total. The smallest absolute Gasteiger partial charge is 0.242 e. The summed E-state index contributed by atoms with van der Waals surface area (Å²) in [6, 6.07) is 21.0. The van der Waals surface area contributed by atoms with E-state index < -0.39 is 22.2 Å². The van der Waals surface area contributed by atoms with Gasteiger partial charge in [0.15, 0.2) is 0 Å². The third-order valence-electron chi connectivity index (χ3n) is 4.08. The van der Waals surface area contributed by atoms with Crippen LogP contribution in [0.25, 0.3) is 0 Å². The molecule has 3 aromatic rings. The molecule has 3 rings (SSSR count). The van der Waals surface area contributed by atoms with Crippen molar-refractivity contribution < 1.29 is 13.5 Å². The minimum absolute atomic E-state index is 0.0102. The van der Waals surface area contributed by atoms with Crippen LogP contribution in [0.5, 0.6) is 0 Å². The van der Waals surface area contributed by atoms with Gasteiger partial charge in [-0.3, -0.25) is 0 Å². The summed E-state index contributed by atoms with van der Waals surface area (Å²) in [6.07, 6.45) is -1.09. The van der Waals surface area contributed by atoms with E-state index in [0.717, 1.165) is 0 Å². The van der Waals surface area contributed by atoms with E-state index in [-0.39, 0.29) is 9.92 Å². The lowest BCUT2D eigenvalue weighted by molar-refractivity contribution is 0.139. The van der Waals surface area contributed by atoms with Gasteiger partial charge in [-0.15, -0.1) is 0 Å². The molecule has 0 spiro atoms. The van der Waals surface area contributed by atoms with E-state index in [1.54, 1.807) is 48.5 Å². The van der Waals surface area contributed by atoms with Crippen molar-refractivity contribution in [3.05, 3.63) is 100 Å². The molecule has 0 aliphatic heterocycles. The van der Waals surface area contributed by atoms with Crippen LogP contribution in [-0.2, 0) is 10.0 Å². The number of nitrogens with one attached hydrogen (secondary N) is 1. The normalized spacial score (nSPS) is 13.9. The highest BCUT2D eigenvalue weighted by atomic mass is 35.5. The van der Waals surface area contributed by atoms with Gasteiger partial charge in [-0.25, -0.2) is 13.1 Å². The van der Waals surface area contributed by atoms with Crippen LogP contribution in [-0.4, -0.2) is 13.5 Å². The maximum Gasteiger partial charge on any atom is 0.242 e. The Morgan fingerprint density at radius 2 is 1.37 bits per heavy atom. The molecule has 0 aromatic heterocycles. The zero-order valence-electron chi connectivity index (χ0n) is 14.1. The van der Waals surface area contributed by atoms with E-state index in [4.69, 9.17) is 23.2 Å². The fourth-order valence-electron chi connectivity index (χ4n) is 2.74. The molecular weight excluding hydrogens is 405 g/mol. The summed E-state index contributed by atoms with van der Waals surface area (Å²) < 4.78 is 28.4. The lowest BCUT2D eigenvalue weighted by Gasteiger charge is -2.25. The highest BCUT2D eigenvalue weighted by molar-refractivity contribution is 7.89. The van der Waals surface area contributed by atoms with Gasteiger partial charge in [-0.05, 0) is 29.3 Å². The molecule has 3 aromatic carbocycles. The van der Waals surface area contributed by atoms with Gasteiger partial charge < -0.3 is 5.11 Å². The Hall–Kier alpha value is -1.89. The highest BCUT2D eigenvalue weighted by Gasteiger charge is 2.29. The largest absolute Gasteiger partial charge is 0.386 e. The van der Waals surface area contributed by atoms with Crippen molar-refractivity contribution in [2.45, 2.75) is 17.0 Å². The van der Waals surface area contributed by atoms with E-state index in [1.165, 1.54) is 18.2 Å². The Kier molecular flexibility index (Phi) is 6.19. The van der Waals surface area contributed by atoms with Crippen LogP contribution in [0.15, 0.2) is 83.8 Å². The quantitative estimate of drug-likeness (QED) is 0.603. The zero-order chi connectivity index (χ0) is 19.4. The summed E-state index contributed by atoms with van der Waals surface area (Å²) in [5.41, 5.74) is 1.22. The molecule has 2 unspecified atom stereocenters. The molecule has 0 saturated heterocycles. The van der Waals surface area contributed by atoms with Crippen LogP contribution in [0, 0.1) is 0 Å². The van der Waals surface area contributed by atoms with Crippen LogP contribution in [0.2, 0.25) is 10.0 Å². The number of aliphatic hydroxyl groups is 1. The van der Waals surface area contributed by atoms with E-state index in [9.17, 15) is 13.5 Å². The number of halogens is 2. The number of hydrogen-bond acceptors (Lipinski definition) is 3. The molecule has 2 atom stereocenters. The maximum absolute atomic E-state index is 12.9. The maximum atomic E-state index is 12.9. The Morgan fingerprint density at radius 3 is 1.93 bits per heavy atom. The van der Waals surface area contributed by atoms with E-state index in [1.807, 2.05) is 12.1 Å². The molecule has 27 heavy (non-hydrogen) atoms. The third-order valence-corrected chi connectivity index (χ3v) is 6.24. The molecule has 0 amide bonds. The molecule has 4 nitrogen and oxygen atoms in total. The second-order valence-corrected chi connectivity index (χ2v) is 8.47. The van der Waals surface area contributed by atoms with Crippen molar-refractivity contribution in [2.75, 3.05) is 0 Å². The van der Waals surface area contributed by atoms with Gasteiger partial charge in [-0.2, -0.15) is 0 Å². The van der Waals surface area contributed by atoms with Gasteiger partial charge in [0.1, 0.15) is 4.90 Å². The van der Waals surface area contributed by atoms with E-state index in [0.29, 0.717) is 16.1 Å². The first-order chi connectivity index (χ1) is 12.9. The van der Waals surface area contributed by atoms with Crippen molar-refractivity contribution in [2.24, 2.45) is 0 Å². The van der Waals surface area contributed by atoms with Crippen LogP contribution in [0.1, 0.15) is 23.3 Å². The second-order valence-electron chi connectivity index (χ2n) is 5.94. The Balaban J connectivity index is 2.01. The minimum Gasteiger partial charge on any atom is -0.386 e. The van der Waals surface area contributed by atoms with Crippen molar-refractivity contribution in [3.63, 3.8) is 0 Å². The summed E-state index contributed by atoms with van der Waals surface area (Å²) in [5, 5.41) is 11.2. The average molecular weight is 422 g/mol. The Morgan fingerprint density at radius 1 is 0.815 bits per heavy atom. The van der Waals surface area contributed by atoms with Crippen LogP contribution < -0.4 is 4.72 Å². The molecule has 0 radical (unpaired) electrons. The monoisotopic (exact) mass is 421 g/mol. The van der Waals surface area contributed by atoms with Crippen LogP contribution >= 0.6 is 23.2 Å². The number of benzene rings is 3. The summed E-state index contributed by atoms with van der Waals surface area (Å²) in [7, 11) is -4.01. The van der Waals surface area contributed by atoms with Gasteiger partial charge in [-0.1, -0.05) is 83.9 Å². The average Bonchev–Trinajstić information content (AvgIpc) is 2.67. The van der Waals surface area contributed by atoms with Gasteiger partial charge in [0.25, 0.3) is 0 Å². The SMILES string of the molecule is O=S(=O)(NC(c1ccccc1)C(O)c1ccccc1)c1ccc(Cl)cc1Cl. The molecule has 0 aliphatic carbocycles. The predicted molar refractivity (Wildman–Crippen MR) is 107 cm³/mol. The minimum atomic E-state index is -4.01. The second kappa shape index (κ2) is 8.42. The zero-order valence-corrected chi connectivity index (χ0v) is 16.4. The lowest BCUT2D eigenvalue weighted by atomic mass is 9.97. The molecule has 7 heteroatoms. The Bertz CT molecular complexity index is 1010. The van der Waals surface area contributed by atoms with Gasteiger partial charge in [0.2, 0.25) is 10.0 Å². The molecule has 0 aliphatic rings. The topological polar surface area (TPSA) is 66.4 Å². The molecule has 0 saturated carbocycles. The van der Waals surface area contributed by atoms with Crippen molar-refractivity contribution in [3.8, 4) is 0 Å². The highest BCUT2D eigenvalue weighted by Crippen LogP contribution is 2.32. The first kappa shape index (κ1) is 19.9. The van der Waals surface area contributed by atoms with Gasteiger partial charge >= 0.3 is 0 Å². The van der Waals surface area contributed by atoms with Crippen molar-refractivity contribution in [1.82, 2.24) is 4.72 Å². The van der Waals surface area contributed by atoms with Gasteiger partial charge in [0, 0.05) is 5.02 Å². The number of sulfonamides is 1.